The normalized spacial score (nSPS) is 10.9. The summed E-state index contributed by atoms with van der Waals surface area (Å²) in [7, 11) is 0. The number of amides is 1. The molecule has 0 saturated carbocycles. The summed E-state index contributed by atoms with van der Waals surface area (Å²) in [6, 6.07) is 5.61. The number of rotatable bonds is 7. The zero-order valence-electron chi connectivity index (χ0n) is 13.8. The highest BCUT2D eigenvalue weighted by Gasteiger charge is 2.21. The van der Waals surface area contributed by atoms with E-state index in [1.54, 1.807) is 0 Å². The van der Waals surface area contributed by atoms with E-state index in [1.807, 2.05) is 0 Å². The molecular weight excluding hydrogens is 378 g/mol. The topological polar surface area (TPSA) is 230 Å². The number of carbonyl (C=O) groups excluding carboxylic acids is 1. The van der Waals surface area contributed by atoms with E-state index in [4.69, 9.17) is 11.5 Å². The molecule has 144 valence electrons. The molecule has 3 rings (SSSR count). The fraction of sp³-hybridized carbons (Fsp3) is 0.0833. The van der Waals surface area contributed by atoms with Crippen LogP contribution in [0.3, 0.4) is 0 Å². The lowest BCUT2D eigenvalue weighted by atomic mass is 10.2. The molecule has 0 bridgehead atoms. The second-order valence-electron chi connectivity index (χ2n) is 5.02. The molecule has 0 aliphatic carbocycles. The summed E-state index contributed by atoms with van der Waals surface area (Å²) < 4.78 is 8.85. The lowest BCUT2D eigenvalue weighted by Crippen LogP contribution is -2.30. The van der Waals surface area contributed by atoms with Gasteiger partial charge in [0.2, 0.25) is 23.4 Å². The van der Waals surface area contributed by atoms with Gasteiger partial charge >= 0.3 is 0 Å². The third-order valence-electron chi connectivity index (χ3n) is 3.15. The maximum Gasteiger partial charge on any atom is 0.292 e. The van der Waals surface area contributed by atoms with Gasteiger partial charge in [-0.2, -0.15) is 0 Å². The molecule has 0 saturated heterocycles. The number of nitrogens with zero attached hydrogens (tertiary/aromatic N) is 8. The van der Waals surface area contributed by atoms with Gasteiger partial charge < -0.3 is 16.8 Å². The molecule has 16 nitrogen and oxygen atoms in total. The van der Waals surface area contributed by atoms with E-state index in [-0.39, 0.29) is 34.6 Å². The summed E-state index contributed by atoms with van der Waals surface area (Å²) in [5.74, 6) is -1.29. The van der Waals surface area contributed by atoms with E-state index in [0.717, 1.165) is 5.01 Å². The van der Waals surface area contributed by atoms with Crippen LogP contribution in [-0.4, -0.2) is 38.0 Å². The van der Waals surface area contributed by atoms with Gasteiger partial charge in [-0.05, 0) is 26.7 Å². The van der Waals surface area contributed by atoms with Crippen LogP contribution in [0.15, 0.2) is 43.9 Å². The molecule has 28 heavy (non-hydrogen) atoms. The lowest BCUT2D eigenvalue weighted by Gasteiger charge is -2.13. The van der Waals surface area contributed by atoms with Gasteiger partial charge in [0.25, 0.3) is 11.5 Å². The van der Waals surface area contributed by atoms with Crippen molar-refractivity contribution in [3.05, 3.63) is 34.4 Å². The number of nitrogens with one attached hydrogen (secondary N) is 1. The molecular formula is C12H11N11O5. The molecule has 0 radical (unpaired) electrons. The van der Waals surface area contributed by atoms with Crippen LogP contribution in [0.5, 0.6) is 0 Å². The highest BCUT2D eigenvalue weighted by molar-refractivity contribution is 5.96. The standard InChI is InChI=1S/C12H11N11O5/c13-9-11(19-27-17-9)16-21-22(12-10(14)18-28-20-12)5-8(24)15-6-3-1-2-4-7(6)23(25)26/h1-4H,5H2,(H2,13,17)(H2,14,18)(H,15,24). The number of para-hydroxylation sites is 2. The minimum absolute atomic E-state index is 0.00872. The molecule has 0 spiro atoms. The predicted molar refractivity (Wildman–Crippen MR) is 91.0 cm³/mol. The zero-order valence-corrected chi connectivity index (χ0v) is 13.8. The monoisotopic (exact) mass is 389 g/mol. The summed E-state index contributed by atoms with van der Waals surface area (Å²) in [6.45, 7) is -0.501. The Morgan fingerprint density at radius 2 is 1.89 bits per heavy atom. The lowest BCUT2D eigenvalue weighted by molar-refractivity contribution is -0.383. The number of aromatic nitrogens is 4. The van der Waals surface area contributed by atoms with Crippen molar-refractivity contribution >= 4 is 40.6 Å². The second-order valence-corrected chi connectivity index (χ2v) is 5.02. The van der Waals surface area contributed by atoms with Crippen LogP contribution in [0.25, 0.3) is 0 Å². The quantitative estimate of drug-likeness (QED) is 0.287. The van der Waals surface area contributed by atoms with Crippen molar-refractivity contribution in [3.8, 4) is 0 Å². The first-order valence-corrected chi connectivity index (χ1v) is 7.34. The highest BCUT2D eigenvalue weighted by Crippen LogP contribution is 2.24. The summed E-state index contributed by atoms with van der Waals surface area (Å²) >= 11 is 0. The third kappa shape index (κ3) is 3.95. The Hall–Kier alpha value is -4.63. The van der Waals surface area contributed by atoms with Crippen LogP contribution in [0.4, 0.5) is 34.6 Å². The van der Waals surface area contributed by atoms with Crippen LogP contribution in [0, 0.1) is 10.1 Å². The van der Waals surface area contributed by atoms with Crippen LogP contribution in [-0.2, 0) is 4.79 Å². The molecule has 0 aliphatic rings. The molecule has 5 N–H and O–H groups in total. The Bertz CT molecular complexity index is 1030. The summed E-state index contributed by atoms with van der Waals surface area (Å²) in [6.07, 6.45) is 0. The van der Waals surface area contributed by atoms with Crippen molar-refractivity contribution in [3.63, 3.8) is 0 Å². The van der Waals surface area contributed by atoms with Gasteiger partial charge in [-0.25, -0.2) is 14.3 Å². The number of nitrogen functional groups attached to an aromatic ring is 2. The van der Waals surface area contributed by atoms with Crippen molar-refractivity contribution in [2.75, 3.05) is 28.3 Å². The van der Waals surface area contributed by atoms with Crippen molar-refractivity contribution in [1.29, 1.82) is 0 Å². The first-order chi connectivity index (χ1) is 13.5. The molecule has 0 atom stereocenters. The minimum atomic E-state index is -0.693. The van der Waals surface area contributed by atoms with E-state index < -0.39 is 17.4 Å². The molecule has 2 aromatic heterocycles. The van der Waals surface area contributed by atoms with Gasteiger partial charge in [-0.15, -0.1) is 5.11 Å². The molecule has 16 heteroatoms. The van der Waals surface area contributed by atoms with Crippen LogP contribution < -0.4 is 21.8 Å². The number of nitrogens with two attached hydrogens (primary N) is 2. The first-order valence-electron chi connectivity index (χ1n) is 7.34. The molecule has 0 unspecified atom stereocenters. The number of nitro groups is 1. The maximum absolute atomic E-state index is 12.4. The number of hydrogen-bond acceptors (Lipinski definition) is 13. The van der Waals surface area contributed by atoms with Gasteiger partial charge in [0, 0.05) is 6.07 Å². The first kappa shape index (κ1) is 18.2. The van der Waals surface area contributed by atoms with E-state index in [9.17, 15) is 14.9 Å². The smallest absolute Gasteiger partial charge is 0.292 e. The van der Waals surface area contributed by atoms with E-state index in [0.29, 0.717) is 0 Å². The number of nitro benzene ring substituents is 1. The SMILES string of the molecule is Nc1nonc1N=NN(CC(=O)Nc1ccccc1[N+](=O)[O-])c1nonc1N. The second kappa shape index (κ2) is 7.72. The largest absolute Gasteiger partial charge is 0.378 e. The predicted octanol–water partition coefficient (Wildman–Crippen LogP) is 0.669. The minimum Gasteiger partial charge on any atom is -0.378 e. The summed E-state index contributed by atoms with van der Waals surface area (Å²) in [4.78, 5) is 22.8. The van der Waals surface area contributed by atoms with E-state index in [2.05, 4.69) is 45.5 Å². The fourth-order valence-corrected chi connectivity index (χ4v) is 1.94. The number of carbonyl (C=O) groups is 1. The van der Waals surface area contributed by atoms with Crippen LogP contribution in [0.2, 0.25) is 0 Å². The summed E-state index contributed by atoms with van der Waals surface area (Å²) in [5.41, 5.74) is 10.8. The molecule has 3 aromatic rings. The van der Waals surface area contributed by atoms with Crippen molar-refractivity contribution < 1.29 is 19.0 Å². The van der Waals surface area contributed by atoms with Gasteiger partial charge in [0.15, 0.2) is 0 Å². The van der Waals surface area contributed by atoms with Crippen molar-refractivity contribution in [2.24, 2.45) is 10.3 Å². The molecule has 2 heterocycles. The fourth-order valence-electron chi connectivity index (χ4n) is 1.94. The van der Waals surface area contributed by atoms with Crippen LogP contribution >= 0.6 is 0 Å². The molecule has 0 fully saturated rings. The Labute approximate surface area is 154 Å². The van der Waals surface area contributed by atoms with Crippen molar-refractivity contribution in [1.82, 2.24) is 20.6 Å². The number of anilines is 4. The van der Waals surface area contributed by atoms with E-state index in [1.165, 1.54) is 24.3 Å². The highest BCUT2D eigenvalue weighted by atomic mass is 16.6. The average molecular weight is 389 g/mol. The van der Waals surface area contributed by atoms with Gasteiger partial charge in [-0.3, -0.25) is 14.9 Å². The Morgan fingerprint density at radius 3 is 2.54 bits per heavy atom. The third-order valence-corrected chi connectivity index (χ3v) is 3.15. The molecule has 0 aliphatic heterocycles. The van der Waals surface area contributed by atoms with Crippen molar-refractivity contribution in [2.45, 2.75) is 0 Å². The summed E-state index contributed by atoms with van der Waals surface area (Å²) in [5, 5.41) is 35.4. The van der Waals surface area contributed by atoms with Crippen LogP contribution in [0.1, 0.15) is 0 Å². The van der Waals surface area contributed by atoms with Gasteiger partial charge in [-0.1, -0.05) is 17.4 Å². The Balaban J connectivity index is 1.81. The van der Waals surface area contributed by atoms with Gasteiger partial charge in [0.05, 0.1) is 4.92 Å². The maximum atomic E-state index is 12.4. The average Bonchev–Trinajstić information content (AvgIpc) is 3.27. The van der Waals surface area contributed by atoms with Gasteiger partial charge in [0.1, 0.15) is 12.2 Å². The Kier molecular flexibility index (Phi) is 5.01. The molecule has 1 amide bonds. The number of benzene rings is 1. The zero-order chi connectivity index (χ0) is 20.1. The van der Waals surface area contributed by atoms with E-state index >= 15 is 0 Å². The Morgan fingerprint density at radius 1 is 1.18 bits per heavy atom. The molecule has 1 aromatic carbocycles. The number of hydrogen-bond donors (Lipinski definition) is 3.